The van der Waals surface area contributed by atoms with Crippen LogP contribution in [0.3, 0.4) is 0 Å². The second kappa shape index (κ2) is 6.97. The number of aryl methyl sites for hydroxylation is 2. The molecular weight excluding hydrogens is 338 g/mol. The first-order valence-corrected chi connectivity index (χ1v) is 9.43. The molecule has 0 fully saturated rings. The predicted octanol–water partition coefficient (Wildman–Crippen LogP) is 2.96. The van der Waals surface area contributed by atoms with Crippen molar-refractivity contribution in [1.29, 1.82) is 0 Å². The highest BCUT2D eigenvalue weighted by Crippen LogP contribution is 2.24. The first-order valence-electron chi connectivity index (χ1n) is 7.95. The molecule has 0 bridgehead atoms. The van der Waals surface area contributed by atoms with Gasteiger partial charge in [0.05, 0.1) is 4.90 Å². The van der Waals surface area contributed by atoms with Gasteiger partial charge in [-0.25, -0.2) is 18.1 Å². The van der Waals surface area contributed by atoms with E-state index in [1.54, 1.807) is 25.3 Å². The Bertz CT molecular complexity index is 873. The van der Waals surface area contributed by atoms with Crippen molar-refractivity contribution in [3.05, 3.63) is 35.5 Å². The van der Waals surface area contributed by atoms with Crippen molar-refractivity contribution in [2.24, 2.45) is 0 Å². The quantitative estimate of drug-likeness (QED) is 0.756. The van der Waals surface area contributed by atoms with E-state index in [0.717, 1.165) is 5.56 Å². The molecule has 2 rings (SSSR count). The number of nitrogens with one attached hydrogen (secondary N) is 3. The highest BCUT2D eigenvalue weighted by atomic mass is 32.2. The Labute approximate surface area is 149 Å². The van der Waals surface area contributed by atoms with Crippen LogP contribution in [0.25, 0.3) is 0 Å². The predicted molar refractivity (Wildman–Crippen MR) is 101 cm³/mol. The average molecular weight is 363 g/mol. The van der Waals surface area contributed by atoms with E-state index in [1.165, 1.54) is 7.05 Å². The summed E-state index contributed by atoms with van der Waals surface area (Å²) in [7, 11) is -2.12. The van der Waals surface area contributed by atoms with E-state index < -0.39 is 10.0 Å². The van der Waals surface area contributed by atoms with Crippen LogP contribution in [0.4, 0.5) is 17.5 Å². The SMILES string of the molecule is CNS(=O)(=O)c1cc(Nc2nc(NC(C)(C)C)ncc2C)ccc1C. The highest BCUT2D eigenvalue weighted by molar-refractivity contribution is 7.89. The van der Waals surface area contributed by atoms with Crippen molar-refractivity contribution in [3.8, 4) is 0 Å². The summed E-state index contributed by atoms with van der Waals surface area (Å²) in [5, 5.41) is 6.40. The van der Waals surface area contributed by atoms with Crippen molar-refractivity contribution in [3.63, 3.8) is 0 Å². The summed E-state index contributed by atoms with van der Waals surface area (Å²) in [6.07, 6.45) is 1.73. The molecule has 0 atom stereocenters. The summed E-state index contributed by atoms with van der Waals surface area (Å²) in [6.45, 7) is 9.73. The third-order valence-corrected chi connectivity index (χ3v) is 5.02. The van der Waals surface area contributed by atoms with Crippen molar-refractivity contribution in [2.45, 2.75) is 45.1 Å². The van der Waals surface area contributed by atoms with Crippen molar-refractivity contribution in [1.82, 2.24) is 14.7 Å². The van der Waals surface area contributed by atoms with E-state index >= 15 is 0 Å². The van der Waals surface area contributed by atoms with Crippen molar-refractivity contribution in [2.75, 3.05) is 17.7 Å². The summed E-state index contributed by atoms with van der Waals surface area (Å²) < 4.78 is 26.6. The lowest BCUT2D eigenvalue weighted by molar-refractivity contribution is 0.587. The molecule has 0 unspecified atom stereocenters. The van der Waals surface area contributed by atoms with Crippen molar-refractivity contribution < 1.29 is 8.42 Å². The first-order chi connectivity index (χ1) is 11.5. The minimum Gasteiger partial charge on any atom is -0.350 e. The second-order valence-electron chi connectivity index (χ2n) is 6.91. The molecule has 0 aliphatic heterocycles. The Morgan fingerprint density at radius 3 is 2.36 bits per heavy atom. The molecule has 0 aliphatic rings. The third-order valence-electron chi connectivity index (χ3n) is 3.47. The van der Waals surface area contributed by atoms with E-state index in [1.807, 2.05) is 33.8 Å². The minimum atomic E-state index is -3.52. The molecule has 0 saturated heterocycles. The summed E-state index contributed by atoms with van der Waals surface area (Å²) in [4.78, 5) is 9.01. The van der Waals surface area contributed by atoms with E-state index in [2.05, 4.69) is 25.3 Å². The molecule has 8 heteroatoms. The standard InChI is InChI=1S/C17H25N5O2S/c1-11-7-8-13(9-14(11)25(23,24)18-6)20-15-12(2)10-19-16(21-15)22-17(3,4)5/h7-10,18H,1-6H3,(H2,19,20,21,22). The monoisotopic (exact) mass is 363 g/mol. The number of aromatic nitrogens is 2. The summed E-state index contributed by atoms with van der Waals surface area (Å²) >= 11 is 0. The Balaban J connectivity index is 2.37. The second-order valence-corrected chi connectivity index (χ2v) is 8.77. The molecule has 25 heavy (non-hydrogen) atoms. The Morgan fingerprint density at radius 1 is 1.08 bits per heavy atom. The number of hydrogen-bond acceptors (Lipinski definition) is 6. The lowest BCUT2D eigenvalue weighted by Crippen LogP contribution is -2.27. The van der Waals surface area contributed by atoms with Gasteiger partial charge in [0.1, 0.15) is 5.82 Å². The van der Waals surface area contributed by atoms with E-state index in [9.17, 15) is 8.42 Å². The van der Waals surface area contributed by atoms with Gasteiger partial charge in [-0.2, -0.15) is 4.98 Å². The fourth-order valence-electron chi connectivity index (χ4n) is 2.18. The van der Waals surface area contributed by atoms with Crippen LogP contribution in [-0.4, -0.2) is 31.0 Å². The van der Waals surface area contributed by atoms with Gasteiger partial charge in [0.15, 0.2) is 0 Å². The molecule has 1 aromatic heterocycles. The number of hydrogen-bond donors (Lipinski definition) is 3. The van der Waals surface area contributed by atoms with Gasteiger partial charge in [0, 0.05) is 23.0 Å². The van der Waals surface area contributed by atoms with Crippen LogP contribution in [0.2, 0.25) is 0 Å². The van der Waals surface area contributed by atoms with Crippen molar-refractivity contribution >= 4 is 27.5 Å². The van der Waals surface area contributed by atoms with Gasteiger partial charge in [0.2, 0.25) is 16.0 Å². The van der Waals surface area contributed by atoms with Gasteiger partial charge in [-0.1, -0.05) is 6.07 Å². The first kappa shape index (κ1) is 19.1. The van der Waals surface area contributed by atoms with Gasteiger partial charge < -0.3 is 10.6 Å². The van der Waals surface area contributed by atoms with Gasteiger partial charge in [-0.3, -0.25) is 0 Å². The molecule has 0 radical (unpaired) electrons. The molecule has 3 N–H and O–H groups in total. The fourth-order valence-corrected chi connectivity index (χ4v) is 3.17. The molecular formula is C17H25N5O2S. The zero-order chi connectivity index (χ0) is 18.8. The van der Waals surface area contributed by atoms with Gasteiger partial charge in [-0.15, -0.1) is 0 Å². The highest BCUT2D eigenvalue weighted by Gasteiger charge is 2.16. The molecule has 0 saturated carbocycles. The zero-order valence-electron chi connectivity index (χ0n) is 15.4. The van der Waals surface area contributed by atoms with E-state index in [4.69, 9.17) is 0 Å². The van der Waals surface area contributed by atoms with Crippen LogP contribution in [0.1, 0.15) is 31.9 Å². The smallest absolute Gasteiger partial charge is 0.240 e. The number of rotatable bonds is 5. The molecule has 7 nitrogen and oxygen atoms in total. The third kappa shape index (κ3) is 4.90. The number of nitrogens with zero attached hydrogens (tertiary/aromatic N) is 2. The molecule has 2 aromatic rings. The van der Waals surface area contributed by atoms with Gasteiger partial charge in [-0.05, 0) is 59.4 Å². The van der Waals surface area contributed by atoms with E-state index in [0.29, 0.717) is 23.0 Å². The topological polar surface area (TPSA) is 96.0 Å². The van der Waals surface area contributed by atoms with Gasteiger partial charge in [0.25, 0.3) is 0 Å². The van der Waals surface area contributed by atoms with Crippen LogP contribution in [-0.2, 0) is 10.0 Å². The normalized spacial score (nSPS) is 12.1. The molecule has 1 aromatic carbocycles. The lowest BCUT2D eigenvalue weighted by Gasteiger charge is -2.21. The maximum atomic E-state index is 12.1. The number of anilines is 3. The van der Waals surface area contributed by atoms with Crippen LogP contribution in [0.5, 0.6) is 0 Å². The minimum absolute atomic E-state index is 0.162. The fraction of sp³-hybridized carbons (Fsp3) is 0.412. The Kier molecular flexibility index (Phi) is 5.34. The summed E-state index contributed by atoms with van der Waals surface area (Å²) in [6, 6.07) is 5.18. The maximum absolute atomic E-state index is 12.1. The number of sulfonamides is 1. The maximum Gasteiger partial charge on any atom is 0.240 e. The molecule has 0 spiro atoms. The molecule has 1 heterocycles. The number of benzene rings is 1. The van der Waals surface area contributed by atoms with Crippen LogP contribution >= 0.6 is 0 Å². The van der Waals surface area contributed by atoms with Gasteiger partial charge >= 0.3 is 0 Å². The average Bonchev–Trinajstić information content (AvgIpc) is 2.51. The van der Waals surface area contributed by atoms with Crippen LogP contribution in [0.15, 0.2) is 29.3 Å². The van der Waals surface area contributed by atoms with Crippen LogP contribution in [0, 0.1) is 13.8 Å². The Morgan fingerprint density at radius 2 is 1.76 bits per heavy atom. The molecule has 136 valence electrons. The zero-order valence-corrected chi connectivity index (χ0v) is 16.2. The molecule has 0 amide bonds. The van der Waals surface area contributed by atoms with E-state index in [-0.39, 0.29) is 10.4 Å². The summed E-state index contributed by atoms with van der Waals surface area (Å²) in [5.74, 6) is 1.13. The summed E-state index contributed by atoms with van der Waals surface area (Å²) in [5.41, 5.74) is 2.01. The Hall–Kier alpha value is -2.19. The van der Waals surface area contributed by atoms with Crippen LogP contribution < -0.4 is 15.4 Å². The lowest BCUT2D eigenvalue weighted by atomic mass is 10.1. The largest absolute Gasteiger partial charge is 0.350 e. The molecule has 0 aliphatic carbocycles.